The molecule has 0 saturated heterocycles. The number of imidazole rings is 1. The van der Waals surface area contributed by atoms with E-state index in [-0.39, 0.29) is 5.91 Å². The largest absolute Gasteiger partial charge is 0.383 e. The number of hydrogen-bond donors (Lipinski definition) is 3. The second-order valence-electron chi connectivity index (χ2n) is 9.29. The van der Waals surface area contributed by atoms with Crippen LogP contribution in [0.25, 0.3) is 5.82 Å². The molecule has 1 saturated carbocycles. The minimum atomic E-state index is -0.446. The van der Waals surface area contributed by atoms with Gasteiger partial charge in [-0.15, -0.1) is 0 Å². The third-order valence-corrected chi connectivity index (χ3v) is 6.55. The Morgan fingerprint density at radius 1 is 1.22 bits per heavy atom. The smallest absolute Gasteiger partial charge is 0.242 e. The lowest BCUT2D eigenvalue weighted by Crippen LogP contribution is -2.41. The molecule has 0 unspecified atom stereocenters. The first-order valence-electron chi connectivity index (χ1n) is 12.8. The van der Waals surface area contributed by atoms with Gasteiger partial charge < -0.3 is 20.7 Å². The van der Waals surface area contributed by atoms with Gasteiger partial charge in [0.1, 0.15) is 24.0 Å². The summed E-state index contributed by atoms with van der Waals surface area (Å²) >= 11 is 0. The summed E-state index contributed by atoms with van der Waals surface area (Å²) in [6, 6.07) is 10.7. The molecule has 3 aromatic rings. The fourth-order valence-corrected chi connectivity index (χ4v) is 4.55. The Morgan fingerprint density at radius 3 is 2.73 bits per heavy atom. The molecule has 4 rings (SSSR count). The fraction of sp³-hybridized carbons (Fsp3) is 0.444. The molecule has 0 bridgehead atoms. The van der Waals surface area contributed by atoms with Gasteiger partial charge in [-0.3, -0.25) is 9.36 Å². The number of carbonyl (C=O) groups excluding carboxylic acids is 1. The normalized spacial score (nSPS) is 14.5. The second kappa shape index (κ2) is 13.4. The van der Waals surface area contributed by atoms with E-state index in [1.165, 1.54) is 19.3 Å². The van der Waals surface area contributed by atoms with Crippen LogP contribution in [0, 0.1) is 17.2 Å². The number of nitrogens with one attached hydrogen (secondary N) is 3. The Kier molecular flexibility index (Phi) is 9.43. The monoisotopic (exact) mass is 502 g/mol. The van der Waals surface area contributed by atoms with E-state index in [0.717, 1.165) is 24.8 Å². The lowest BCUT2D eigenvalue weighted by atomic mass is 9.84. The molecule has 1 aliphatic rings. The molecule has 194 valence electrons. The molecule has 2 aromatic heterocycles. The lowest BCUT2D eigenvalue weighted by molar-refractivity contribution is -0.122. The lowest BCUT2D eigenvalue weighted by Gasteiger charge is -2.27. The molecule has 0 aliphatic heterocycles. The first kappa shape index (κ1) is 26.1. The van der Waals surface area contributed by atoms with Crippen molar-refractivity contribution in [3.63, 3.8) is 0 Å². The van der Waals surface area contributed by atoms with Crippen LogP contribution >= 0.6 is 0 Å². The van der Waals surface area contributed by atoms with Gasteiger partial charge in [-0.25, -0.2) is 4.98 Å². The summed E-state index contributed by atoms with van der Waals surface area (Å²) in [6.07, 6.45) is 11.8. The van der Waals surface area contributed by atoms with Crippen molar-refractivity contribution in [2.75, 3.05) is 30.9 Å². The maximum absolute atomic E-state index is 13.4. The Morgan fingerprint density at radius 2 is 2.03 bits per heavy atom. The molecule has 10 heteroatoms. The van der Waals surface area contributed by atoms with E-state index >= 15 is 0 Å². The first-order valence-corrected chi connectivity index (χ1v) is 12.8. The van der Waals surface area contributed by atoms with E-state index < -0.39 is 6.04 Å². The zero-order chi connectivity index (χ0) is 25.9. The predicted octanol–water partition coefficient (Wildman–Crippen LogP) is 3.66. The maximum Gasteiger partial charge on any atom is 0.242 e. The number of ether oxygens (including phenoxy) is 1. The van der Waals surface area contributed by atoms with E-state index in [1.54, 1.807) is 36.3 Å². The number of nitrogens with zero attached hydrogens (tertiary/aromatic N) is 5. The van der Waals surface area contributed by atoms with Crippen molar-refractivity contribution >= 4 is 17.7 Å². The van der Waals surface area contributed by atoms with Gasteiger partial charge in [-0.1, -0.05) is 44.2 Å². The van der Waals surface area contributed by atoms with Crippen LogP contribution in [0.15, 0.2) is 49.1 Å². The third-order valence-electron chi connectivity index (χ3n) is 6.55. The molecule has 2 heterocycles. The fourth-order valence-electron chi connectivity index (χ4n) is 4.55. The van der Waals surface area contributed by atoms with E-state index in [9.17, 15) is 4.79 Å². The SMILES string of the molecule is COCCNc1nc(N[C@H](CC2CCCCC2)C(=O)NCc2ccc(C#N)cc2)cc(-n2ccnc2)n1. The topological polar surface area (TPSA) is 130 Å². The average molecular weight is 503 g/mol. The quantitative estimate of drug-likeness (QED) is 0.320. The Hall–Kier alpha value is -3.97. The highest BCUT2D eigenvalue weighted by Gasteiger charge is 2.25. The Balaban J connectivity index is 1.52. The third kappa shape index (κ3) is 7.75. The summed E-state index contributed by atoms with van der Waals surface area (Å²) < 4.78 is 6.94. The second-order valence-corrected chi connectivity index (χ2v) is 9.29. The zero-order valence-electron chi connectivity index (χ0n) is 21.2. The van der Waals surface area contributed by atoms with Crippen molar-refractivity contribution in [2.45, 2.75) is 51.1 Å². The number of nitriles is 1. The molecule has 3 N–H and O–H groups in total. The number of hydrogen-bond acceptors (Lipinski definition) is 8. The van der Waals surface area contributed by atoms with Gasteiger partial charge in [0.25, 0.3) is 0 Å². The van der Waals surface area contributed by atoms with Gasteiger partial charge in [0.2, 0.25) is 11.9 Å². The molecule has 10 nitrogen and oxygen atoms in total. The zero-order valence-corrected chi connectivity index (χ0v) is 21.2. The van der Waals surface area contributed by atoms with Crippen LogP contribution in [0.5, 0.6) is 0 Å². The van der Waals surface area contributed by atoms with Crippen molar-refractivity contribution in [1.82, 2.24) is 24.8 Å². The summed E-state index contributed by atoms with van der Waals surface area (Å²) in [4.78, 5) is 26.8. The highest BCUT2D eigenvalue weighted by molar-refractivity contribution is 5.84. The highest BCUT2D eigenvalue weighted by Crippen LogP contribution is 2.28. The van der Waals surface area contributed by atoms with Crippen LogP contribution in [0.1, 0.15) is 49.7 Å². The number of carbonyl (C=O) groups is 1. The summed E-state index contributed by atoms with van der Waals surface area (Å²) in [5.74, 6) is 2.06. The first-order chi connectivity index (χ1) is 18.1. The highest BCUT2D eigenvalue weighted by atomic mass is 16.5. The number of aromatic nitrogens is 4. The van der Waals surface area contributed by atoms with Gasteiger partial charge in [0, 0.05) is 38.7 Å². The van der Waals surface area contributed by atoms with E-state index in [2.05, 4.69) is 37.0 Å². The predicted molar refractivity (Wildman–Crippen MR) is 141 cm³/mol. The van der Waals surface area contributed by atoms with Crippen molar-refractivity contribution in [2.24, 2.45) is 5.92 Å². The number of benzene rings is 1. The van der Waals surface area contributed by atoms with Crippen molar-refractivity contribution in [3.8, 4) is 11.9 Å². The molecule has 1 aromatic carbocycles. The number of anilines is 2. The molecule has 0 spiro atoms. The van der Waals surface area contributed by atoms with Crippen molar-refractivity contribution in [3.05, 3.63) is 60.2 Å². The summed E-state index contributed by atoms with van der Waals surface area (Å²) in [5.41, 5.74) is 1.54. The molecule has 37 heavy (non-hydrogen) atoms. The minimum Gasteiger partial charge on any atom is -0.383 e. The van der Waals surface area contributed by atoms with E-state index in [0.29, 0.717) is 48.8 Å². The van der Waals surface area contributed by atoms with Gasteiger partial charge in [0.05, 0.1) is 18.2 Å². The molecule has 1 aliphatic carbocycles. The standard InChI is InChI=1S/C27H34N8O2/c1-37-14-12-30-27-33-24(16-25(34-27)35-13-11-29-19-35)32-23(15-20-5-3-2-4-6-20)26(36)31-18-22-9-7-21(17-28)8-10-22/h7-11,13,16,19-20,23H,2-6,12,14-15,18H2,1H3,(H,31,36)(H2,30,32,33,34)/t23-/m1/s1. The average Bonchev–Trinajstić information content (AvgIpc) is 3.48. The molecular formula is C27H34N8O2. The summed E-state index contributed by atoms with van der Waals surface area (Å²) in [6.45, 7) is 1.46. The molecule has 1 fully saturated rings. The Bertz CT molecular complexity index is 1170. The van der Waals surface area contributed by atoms with Crippen LogP contribution in [0.2, 0.25) is 0 Å². The van der Waals surface area contributed by atoms with Gasteiger partial charge in [-0.05, 0) is 30.0 Å². The molecule has 1 atom stereocenters. The van der Waals surface area contributed by atoms with Crippen molar-refractivity contribution < 1.29 is 9.53 Å². The van der Waals surface area contributed by atoms with Crippen molar-refractivity contribution in [1.29, 1.82) is 5.26 Å². The van der Waals surface area contributed by atoms with Crippen LogP contribution in [0.4, 0.5) is 11.8 Å². The number of amides is 1. The summed E-state index contributed by atoms with van der Waals surface area (Å²) in [7, 11) is 1.64. The van der Waals surface area contributed by atoms with Gasteiger partial charge >= 0.3 is 0 Å². The van der Waals surface area contributed by atoms with Crippen LogP contribution in [0.3, 0.4) is 0 Å². The van der Waals surface area contributed by atoms with E-state index in [1.807, 2.05) is 24.4 Å². The number of methoxy groups -OCH3 is 1. The minimum absolute atomic E-state index is 0.0772. The van der Waals surface area contributed by atoms with Crippen LogP contribution in [-0.4, -0.2) is 51.7 Å². The maximum atomic E-state index is 13.4. The summed E-state index contributed by atoms with van der Waals surface area (Å²) in [5, 5.41) is 18.7. The molecule has 0 radical (unpaired) electrons. The van der Waals surface area contributed by atoms with Gasteiger partial charge in [0.15, 0.2) is 0 Å². The van der Waals surface area contributed by atoms with Crippen LogP contribution < -0.4 is 16.0 Å². The number of rotatable bonds is 12. The van der Waals surface area contributed by atoms with E-state index in [4.69, 9.17) is 10.00 Å². The molecular weight excluding hydrogens is 468 g/mol. The molecule has 1 amide bonds. The van der Waals surface area contributed by atoms with Crippen LogP contribution in [-0.2, 0) is 16.1 Å². The Labute approximate surface area is 217 Å². The van der Waals surface area contributed by atoms with Gasteiger partial charge in [-0.2, -0.15) is 15.2 Å².